The Morgan fingerprint density at radius 1 is 1.29 bits per heavy atom. The predicted molar refractivity (Wildman–Crippen MR) is 86.6 cm³/mol. The highest BCUT2D eigenvalue weighted by Crippen LogP contribution is 2.38. The molecule has 2 aliphatic heterocycles. The van der Waals surface area contributed by atoms with Gasteiger partial charge in [-0.15, -0.1) is 0 Å². The molecule has 3 nitrogen and oxygen atoms in total. The predicted octanol–water partition coefficient (Wildman–Crippen LogP) is 3.18. The van der Waals surface area contributed by atoms with Crippen LogP contribution in [-0.2, 0) is 4.79 Å². The summed E-state index contributed by atoms with van der Waals surface area (Å²) in [5, 5.41) is 0. The fourth-order valence-electron chi connectivity index (χ4n) is 3.49. The van der Waals surface area contributed by atoms with Crippen LogP contribution in [0.5, 0.6) is 0 Å². The fourth-order valence-corrected chi connectivity index (χ4v) is 3.49. The smallest absolute Gasteiger partial charge is 0.223 e. The molecule has 0 N–H and O–H groups in total. The summed E-state index contributed by atoms with van der Waals surface area (Å²) in [6, 6.07) is 8.38. The summed E-state index contributed by atoms with van der Waals surface area (Å²) in [7, 11) is 0. The van der Waals surface area contributed by atoms with E-state index in [0.717, 1.165) is 18.8 Å². The lowest BCUT2D eigenvalue weighted by Crippen LogP contribution is -2.29. The monoisotopic (exact) mass is 284 g/mol. The normalized spacial score (nSPS) is 21.6. The van der Waals surface area contributed by atoms with E-state index in [9.17, 15) is 4.79 Å². The standard InChI is InChI=1S/C18H24N2O/c1-15(21)20-14-16(17-9-3-4-10-18(17)20)8-7-13-19-11-5-2-6-12-19/h2-5,9-10,16H,6-8,11-14H2,1H3. The third kappa shape index (κ3) is 3.18. The largest absolute Gasteiger partial charge is 0.312 e. The highest BCUT2D eigenvalue weighted by Gasteiger charge is 2.29. The molecule has 1 unspecified atom stereocenters. The number of benzene rings is 1. The van der Waals surface area contributed by atoms with E-state index >= 15 is 0 Å². The van der Waals surface area contributed by atoms with Crippen LogP contribution < -0.4 is 4.90 Å². The molecule has 3 rings (SSSR count). The molecule has 0 aromatic heterocycles. The van der Waals surface area contributed by atoms with Crippen molar-refractivity contribution >= 4 is 11.6 Å². The number of hydrogen-bond donors (Lipinski definition) is 0. The van der Waals surface area contributed by atoms with Crippen molar-refractivity contribution in [2.24, 2.45) is 0 Å². The molecule has 0 radical (unpaired) electrons. The van der Waals surface area contributed by atoms with E-state index in [1.54, 1.807) is 6.92 Å². The molecular formula is C18H24N2O. The molecule has 3 heteroatoms. The second-order valence-electron chi connectivity index (χ2n) is 6.09. The Labute approximate surface area is 127 Å². The Kier molecular flexibility index (Phi) is 4.39. The van der Waals surface area contributed by atoms with E-state index in [-0.39, 0.29) is 5.91 Å². The zero-order chi connectivity index (χ0) is 14.7. The highest BCUT2D eigenvalue weighted by atomic mass is 16.2. The van der Waals surface area contributed by atoms with Gasteiger partial charge in [-0.2, -0.15) is 0 Å². The molecule has 2 heterocycles. The molecular weight excluding hydrogens is 260 g/mol. The van der Waals surface area contributed by atoms with E-state index in [4.69, 9.17) is 0 Å². The zero-order valence-electron chi connectivity index (χ0n) is 12.8. The quantitative estimate of drug-likeness (QED) is 0.793. The van der Waals surface area contributed by atoms with E-state index in [0.29, 0.717) is 5.92 Å². The summed E-state index contributed by atoms with van der Waals surface area (Å²) < 4.78 is 0. The zero-order valence-corrected chi connectivity index (χ0v) is 12.8. The molecule has 0 aliphatic carbocycles. The molecule has 1 atom stereocenters. The fraction of sp³-hybridized carbons (Fsp3) is 0.500. The second-order valence-corrected chi connectivity index (χ2v) is 6.09. The van der Waals surface area contributed by atoms with Gasteiger partial charge in [0.05, 0.1) is 0 Å². The van der Waals surface area contributed by atoms with Crippen molar-refractivity contribution in [1.29, 1.82) is 0 Å². The van der Waals surface area contributed by atoms with E-state index in [2.05, 4.69) is 35.3 Å². The number of rotatable bonds is 4. The lowest BCUT2D eigenvalue weighted by atomic mass is 9.96. The molecule has 0 bridgehead atoms. The lowest BCUT2D eigenvalue weighted by Gasteiger charge is -2.23. The van der Waals surface area contributed by atoms with Gasteiger partial charge in [0.1, 0.15) is 0 Å². The van der Waals surface area contributed by atoms with Gasteiger partial charge in [0.2, 0.25) is 5.91 Å². The van der Waals surface area contributed by atoms with Gasteiger partial charge in [0, 0.05) is 38.2 Å². The van der Waals surface area contributed by atoms with Crippen molar-refractivity contribution in [3.05, 3.63) is 42.0 Å². The van der Waals surface area contributed by atoms with Crippen molar-refractivity contribution in [3.63, 3.8) is 0 Å². The Morgan fingerprint density at radius 3 is 2.90 bits per heavy atom. The minimum absolute atomic E-state index is 0.158. The van der Waals surface area contributed by atoms with Crippen LogP contribution in [0.25, 0.3) is 0 Å². The van der Waals surface area contributed by atoms with E-state index in [1.165, 1.54) is 37.9 Å². The van der Waals surface area contributed by atoms with Crippen LogP contribution in [0.2, 0.25) is 0 Å². The highest BCUT2D eigenvalue weighted by molar-refractivity contribution is 5.94. The van der Waals surface area contributed by atoms with Gasteiger partial charge in [-0.05, 0) is 37.4 Å². The summed E-state index contributed by atoms with van der Waals surface area (Å²) in [6.07, 6.45) is 8.10. The minimum atomic E-state index is 0.158. The number of fused-ring (bicyclic) bond motifs is 1. The van der Waals surface area contributed by atoms with Crippen molar-refractivity contribution in [2.75, 3.05) is 31.1 Å². The average Bonchev–Trinajstić information content (AvgIpc) is 2.88. The molecule has 0 spiro atoms. The van der Waals surface area contributed by atoms with Crippen molar-refractivity contribution in [3.8, 4) is 0 Å². The number of amides is 1. The molecule has 1 aromatic rings. The molecule has 1 amide bonds. The Morgan fingerprint density at radius 2 is 2.14 bits per heavy atom. The lowest BCUT2D eigenvalue weighted by molar-refractivity contribution is -0.116. The van der Waals surface area contributed by atoms with Gasteiger partial charge in [0.25, 0.3) is 0 Å². The topological polar surface area (TPSA) is 23.6 Å². The van der Waals surface area contributed by atoms with E-state index < -0.39 is 0 Å². The summed E-state index contributed by atoms with van der Waals surface area (Å²) in [4.78, 5) is 16.2. The van der Waals surface area contributed by atoms with Crippen LogP contribution >= 0.6 is 0 Å². The summed E-state index contributed by atoms with van der Waals surface area (Å²) in [5.74, 6) is 0.663. The Bertz CT molecular complexity index is 538. The van der Waals surface area contributed by atoms with Crippen LogP contribution in [0.15, 0.2) is 36.4 Å². The third-order valence-corrected chi connectivity index (χ3v) is 4.62. The molecule has 1 aromatic carbocycles. The Balaban J connectivity index is 1.59. The van der Waals surface area contributed by atoms with Crippen molar-refractivity contribution < 1.29 is 4.79 Å². The molecule has 21 heavy (non-hydrogen) atoms. The van der Waals surface area contributed by atoms with Gasteiger partial charge in [-0.1, -0.05) is 30.4 Å². The Hall–Kier alpha value is -1.61. The van der Waals surface area contributed by atoms with Crippen LogP contribution in [-0.4, -0.2) is 37.0 Å². The van der Waals surface area contributed by atoms with Crippen LogP contribution in [0.3, 0.4) is 0 Å². The first-order chi connectivity index (χ1) is 10.3. The van der Waals surface area contributed by atoms with Gasteiger partial charge < -0.3 is 4.90 Å². The number of carbonyl (C=O) groups is 1. The minimum Gasteiger partial charge on any atom is -0.312 e. The van der Waals surface area contributed by atoms with Gasteiger partial charge in [-0.3, -0.25) is 9.69 Å². The third-order valence-electron chi connectivity index (χ3n) is 4.62. The van der Waals surface area contributed by atoms with Gasteiger partial charge in [0.15, 0.2) is 0 Å². The summed E-state index contributed by atoms with van der Waals surface area (Å²) >= 11 is 0. The summed E-state index contributed by atoms with van der Waals surface area (Å²) in [6.45, 7) is 5.98. The van der Waals surface area contributed by atoms with Crippen LogP contribution in [0.1, 0.15) is 37.7 Å². The number of hydrogen-bond acceptors (Lipinski definition) is 2. The summed E-state index contributed by atoms with van der Waals surface area (Å²) in [5.41, 5.74) is 2.47. The van der Waals surface area contributed by atoms with Crippen LogP contribution in [0.4, 0.5) is 5.69 Å². The van der Waals surface area contributed by atoms with E-state index in [1.807, 2.05) is 11.0 Å². The molecule has 0 saturated heterocycles. The maximum Gasteiger partial charge on any atom is 0.223 e. The van der Waals surface area contributed by atoms with Gasteiger partial charge in [-0.25, -0.2) is 0 Å². The molecule has 0 saturated carbocycles. The maximum atomic E-state index is 11.8. The maximum absolute atomic E-state index is 11.8. The number of anilines is 1. The first-order valence-electron chi connectivity index (χ1n) is 8.00. The molecule has 0 fully saturated rings. The second kappa shape index (κ2) is 6.44. The number of carbonyl (C=O) groups excluding carboxylic acids is 1. The SMILES string of the molecule is CC(=O)N1CC(CCCN2CC=CCC2)c2ccccc21. The van der Waals surface area contributed by atoms with Crippen molar-refractivity contribution in [2.45, 2.75) is 32.1 Å². The average molecular weight is 284 g/mol. The first kappa shape index (κ1) is 14.3. The first-order valence-corrected chi connectivity index (χ1v) is 8.00. The molecule has 112 valence electrons. The number of nitrogens with zero attached hydrogens (tertiary/aromatic N) is 2. The number of para-hydroxylation sites is 1. The van der Waals surface area contributed by atoms with Crippen molar-refractivity contribution in [1.82, 2.24) is 4.90 Å². The molecule has 2 aliphatic rings. The van der Waals surface area contributed by atoms with Gasteiger partial charge >= 0.3 is 0 Å². The van der Waals surface area contributed by atoms with Crippen LogP contribution in [0, 0.1) is 0 Å².